The molecule has 0 spiro atoms. The summed E-state index contributed by atoms with van der Waals surface area (Å²) < 4.78 is 77.5. The maximum absolute atomic E-state index is 14.8. The van der Waals surface area contributed by atoms with Crippen LogP contribution in [-0.4, -0.2) is 11.7 Å². The summed E-state index contributed by atoms with van der Waals surface area (Å²) in [5.41, 5.74) is 0.907. The van der Waals surface area contributed by atoms with Gasteiger partial charge in [0, 0.05) is 16.7 Å². The van der Waals surface area contributed by atoms with Crippen LogP contribution in [0.1, 0.15) is 74.7 Å². The predicted molar refractivity (Wildman–Crippen MR) is 133 cm³/mol. The van der Waals surface area contributed by atoms with Crippen molar-refractivity contribution in [1.82, 2.24) is 0 Å². The molecule has 37 heavy (non-hydrogen) atoms. The molecule has 7 heteroatoms. The molecule has 1 aliphatic rings. The van der Waals surface area contributed by atoms with Crippen LogP contribution in [0.3, 0.4) is 0 Å². The second-order valence-electron chi connectivity index (χ2n) is 9.79. The summed E-state index contributed by atoms with van der Waals surface area (Å²) in [6.45, 7) is 3.25. The van der Waals surface area contributed by atoms with Crippen molar-refractivity contribution in [3.63, 3.8) is 0 Å². The van der Waals surface area contributed by atoms with Crippen molar-refractivity contribution in [2.24, 2.45) is 5.92 Å². The van der Waals surface area contributed by atoms with E-state index in [0.29, 0.717) is 17.9 Å². The molecule has 2 nitrogen and oxygen atoms in total. The zero-order valence-corrected chi connectivity index (χ0v) is 21.0. The van der Waals surface area contributed by atoms with Gasteiger partial charge in [-0.2, -0.15) is 4.39 Å². The van der Waals surface area contributed by atoms with E-state index in [4.69, 9.17) is 4.74 Å². The molecule has 4 rings (SSSR count). The van der Waals surface area contributed by atoms with E-state index in [9.17, 15) is 27.1 Å². The topological polar surface area (TPSA) is 29.5 Å². The minimum absolute atomic E-state index is 0.0143. The molecule has 198 valence electrons. The third-order valence-corrected chi connectivity index (χ3v) is 7.39. The molecule has 1 unspecified atom stereocenters. The minimum Gasteiger partial charge on any atom is -0.491 e. The molecule has 1 atom stereocenters. The Kier molecular flexibility index (Phi) is 8.53. The van der Waals surface area contributed by atoms with Crippen LogP contribution in [0.4, 0.5) is 22.0 Å². The first-order valence-corrected chi connectivity index (χ1v) is 12.8. The number of hydrogen-bond acceptors (Lipinski definition) is 2. The van der Waals surface area contributed by atoms with Crippen LogP contribution in [0.25, 0.3) is 11.1 Å². The van der Waals surface area contributed by atoms with Gasteiger partial charge >= 0.3 is 0 Å². The van der Waals surface area contributed by atoms with Gasteiger partial charge in [0.1, 0.15) is 5.82 Å². The van der Waals surface area contributed by atoms with E-state index < -0.39 is 35.2 Å². The van der Waals surface area contributed by atoms with Gasteiger partial charge in [0.05, 0.1) is 12.7 Å². The monoisotopic (exact) mass is 518 g/mol. The molecule has 1 saturated carbocycles. The highest BCUT2D eigenvalue weighted by atomic mass is 19.2. The van der Waals surface area contributed by atoms with Gasteiger partial charge < -0.3 is 9.84 Å². The number of halogens is 5. The van der Waals surface area contributed by atoms with Crippen molar-refractivity contribution in [2.45, 2.75) is 64.4 Å². The first-order valence-electron chi connectivity index (χ1n) is 12.8. The fourth-order valence-corrected chi connectivity index (χ4v) is 5.29. The molecule has 0 bridgehead atoms. The molecule has 0 saturated heterocycles. The van der Waals surface area contributed by atoms with E-state index in [-0.39, 0.29) is 35.0 Å². The zero-order valence-electron chi connectivity index (χ0n) is 21.0. The highest BCUT2D eigenvalue weighted by Crippen LogP contribution is 2.40. The van der Waals surface area contributed by atoms with E-state index in [1.54, 1.807) is 19.1 Å². The Morgan fingerprint density at radius 1 is 0.838 bits per heavy atom. The van der Waals surface area contributed by atoms with Crippen molar-refractivity contribution >= 4 is 0 Å². The van der Waals surface area contributed by atoms with Crippen LogP contribution in [0, 0.1) is 35.0 Å². The fraction of sp³-hybridized carbons (Fsp3) is 0.400. The number of aryl methyl sites for hydroxylation is 1. The Labute approximate surface area is 214 Å². The highest BCUT2D eigenvalue weighted by Gasteiger charge is 2.27. The van der Waals surface area contributed by atoms with Gasteiger partial charge in [-0.05, 0) is 93.5 Å². The summed E-state index contributed by atoms with van der Waals surface area (Å²) in [6, 6.07) is 10.2. The lowest BCUT2D eigenvalue weighted by molar-refractivity contribution is 0.192. The Balaban J connectivity index is 1.36. The van der Waals surface area contributed by atoms with Gasteiger partial charge in [0.15, 0.2) is 23.2 Å². The van der Waals surface area contributed by atoms with E-state index >= 15 is 0 Å². The SMILES string of the molecule is CCOc1ccc(-c2ccc(CCC3CCC(c4ccc(C(C)O)c(F)c4F)CC3)cc2F)c(F)c1F. The quantitative estimate of drug-likeness (QED) is 0.303. The fourth-order valence-electron chi connectivity index (χ4n) is 5.29. The first-order chi connectivity index (χ1) is 17.7. The molecular formula is C30H31F5O2. The summed E-state index contributed by atoms with van der Waals surface area (Å²) in [5, 5.41) is 9.59. The van der Waals surface area contributed by atoms with E-state index in [2.05, 4.69) is 0 Å². The Morgan fingerprint density at radius 2 is 1.54 bits per heavy atom. The lowest BCUT2D eigenvalue weighted by Crippen LogP contribution is -2.16. The number of aliphatic hydroxyl groups is 1. The van der Waals surface area contributed by atoms with Crippen LogP contribution >= 0.6 is 0 Å². The standard InChI is InChI=1S/C30H31F5O2/c1-3-37-26-15-14-24(29(34)30(26)35)23-11-8-19(16-25(23)31)5-4-18-6-9-20(10-7-18)22-13-12-21(17(2)36)27(32)28(22)33/h8,11-18,20,36H,3-7,9-10H2,1-2H3. The summed E-state index contributed by atoms with van der Waals surface area (Å²) in [7, 11) is 0. The highest BCUT2D eigenvalue weighted by molar-refractivity contribution is 5.66. The lowest BCUT2D eigenvalue weighted by atomic mass is 9.76. The average Bonchev–Trinajstić information content (AvgIpc) is 2.88. The van der Waals surface area contributed by atoms with Crippen LogP contribution in [0.15, 0.2) is 42.5 Å². The summed E-state index contributed by atoms with van der Waals surface area (Å²) in [6.07, 6.45) is 3.52. The molecular weight excluding hydrogens is 487 g/mol. The number of ether oxygens (including phenoxy) is 1. The summed E-state index contributed by atoms with van der Waals surface area (Å²) >= 11 is 0. The summed E-state index contributed by atoms with van der Waals surface area (Å²) in [5.74, 6) is -4.67. The van der Waals surface area contributed by atoms with Gasteiger partial charge in [0.2, 0.25) is 5.82 Å². The van der Waals surface area contributed by atoms with Crippen molar-refractivity contribution in [1.29, 1.82) is 0 Å². The van der Waals surface area contributed by atoms with E-state index in [0.717, 1.165) is 37.7 Å². The van der Waals surface area contributed by atoms with Crippen LogP contribution < -0.4 is 4.74 Å². The third-order valence-electron chi connectivity index (χ3n) is 7.39. The lowest BCUT2D eigenvalue weighted by Gasteiger charge is -2.29. The molecule has 3 aromatic carbocycles. The van der Waals surface area contributed by atoms with Gasteiger partial charge in [-0.1, -0.05) is 24.3 Å². The smallest absolute Gasteiger partial charge is 0.201 e. The van der Waals surface area contributed by atoms with Crippen molar-refractivity contribution < 1.29 is 31.8 Å². The minimum atomic E-state index is -1.15. The number of benzene rings is 3. The van der Waals surface area contributed by atoms with E-state index in [1.165, 1.54) is 37.3 Å². The Bertz CT molecular complexity index is 1250. The number of hydrogen-bond donors (Lipinski definition) is 1. The number of rotatable bonds is 8. The zero-order chi connectivity index (χ0) is 26.7. The second kappa shape index (κ2) is 11.6. The van der Waals surface area contributed by atoms with Crippen LogP contribution in [0.2, 0.25) is 0 Å². The third kappa shape index (κ3) is 5.82. The number of aliphatic hydroxyl groups excluding tert-OH is 1. The summed E-state index contributed by atoms with van der Waals surface area (Å²) in [4.78, 5) is 0. The van der Waals surface area contributed by atoms with Gasteiger partial charge in [-0.25, -0.2) is 17.6 Å². The molecule has 1 aliphatic carbocycles. The Morgan fingerprint density at radius 3 is 2.19 bits per heavy atom. The molecule has 0 aliphatic heterocycles. The normalized spacial score (nSPS) is 18.6. The van der Waals surface area contributed by atoms with Crippen LogP contribution in [0.5, 0.6) is 5.75 Å². The molecule has 0 amide bonds. The maximum Gasteiger partial charge on any atom is 0.201 e. The predicted octanol–water partition coefficient (Wildman–Crippen LogP) is 8.41. The molecule has 0 aromatic heterocycles. The molecule has 3 aromatic rings. The first kappa shape index (κ1) is 27.1. The Hall–Kier alpha value is -2.93. The molecule has 0 heterocycles. The second-order valence-corrected chi connectivity index (χ2v) is 9.79. The van der Waals surface area contributed by atoms with Crippen molar-refractivity contribution in [3.05, 3.63) is 88.2 Å². The molecule has 1 N–H and O–H groups in total. The average molecular weight is 519 g/mol. The van der Waals surface area contributed by atoms with E-state index in [1.807, 2.05) is 0 Å². The largest absolute Gasteiger partial charge is 0.491 e. The maximum atomic E-state index is 14.8. The van der Waals surface area contributed by atoms with Crippen LogP contribution in [-0.2, 0) is 6.42 Å². The van der Waals surface area contributed by atoms with Gasteiger partial charge in [0.25, 0.3) is 0 Å². The van der Waals surface area contributed by atoms with Gasteiger partial charge in [-0.3, -0.25) is 0 Å². The van der Waals surface area contributed by atoms with Crippen molar-refractivity contribution in [3.8, 4) is 16.9 Å². The molecule has 1 fully saturated rings. The molecule has 0 radical (unpaired) electrons. The van der Waals surface area contributed by atoms with Crippen molar-refractivity contribution in [2.75, 3.05) is 6.61 Å². The van der Waals surface area contributed by atoms with Gasteiger partial charge in [-0.15, -0.1) is 0 Å².